The Hall–Kier alpha value is -5.10. The van der Waals surface area contributed by atoms with Crippen molar-refractivity contribution in [3.63, 3.8) is 0 Å². The lowest BCUT2D eigenvalue weighted by molar-refractivity contribution is -0.129. The Morgan fingerprint density at radius 2 is 1.77 bits per heavy atom. The van der Waals surface area contributed by atoms with Crippen molar-refractivity contribution < 1.29 is 29.6 Å². The van der Waals surface area contributed by atoms with E-state index >= 15 is 0 Å². The highest BCUT2D eigenvalue weighted by Gasteiger charge is 2.54. The van der Waals surface area contributed by atoms with E-state index in [-0.39, 0.29) is 32.0 Å². The van der Waals surface area contributed by atoms with Crippen LogP contribution in [0.3, 0.4) is 0 Å². The number of carbonyl (C=O) groups is 1. The maximum Gasteiger partial charge on any atom is 0.252 e. The van der Waals surface area contributed by atoms with Gasteiger partial charge in [-0.05, 0) is 52.0 Å². The topological polar surface area (TPSA) is 218 Å². The summed E-state index contributed by atoms with van der Waals surface area (Å²) in [6.07, 6.45) is -1.86. The van der Waals surface area contributed by atoms with Crippen LogP contribution in [0.5, 0.6) is 5.75 Å². The molecule has 1 heterocycles. The Balaban J connectivity index is 1.88. The molecule has 14 nitrogen and oxygen atoms in total. The minimum Gasteiger partial charge on any atom is -0.494 e. The summed E-state index contributed by atoms with van der Waals surface area (Å²) in [5.74, 6) is 0.111. The minimum absolute atomic E-state index is 0.00750. The molecule has 0 saturated carbocycles. The standard InChI is InChI=1S/C30H32N8O6/c31-37-34-17-22-7-1-3-8-25(22)27-30(29(42)33-18-23(41)19-40,16-21-6-2-4-9-26(21)36-38-32)35-28(44-27)20-10-12-24(13-11-20)43-15-5-14-39/h1-4,6-13,23,27,39-41H,5,14-19H2,(H,33,42)/t23?,27-,30-/m0/s1. The van der Waals surface area contributed by atoms with Gasteiger partial charge in [0.1, 0.15) is 5.75 Å². The van der Waals surface area contributed by atoms with Crippen LogP contribution in [0, 0.1) is 0 Å². The predicted molar refractivity (Wildman–Crippen MR) is 161 cm³/mol. The molecule has 1 aliphatic rings. The molecule has 0 saturated heterocycles. The van der Waals surface area contributed by atoms with Crippen molar-refractivity contribution in [1.82, 2.24) is 5.32 Å². The van der Waals surface area contributed by atoms with Crippen LogP contribution in [0.4, 0.5) is 5.69 Å². The maximum atomic E-state index is 14.2. The fraction of sp³-hybridized carbons (Fsp3) is 0.333. The van der Waals surface area contributed by atoms with Crippen LogP contribution >= 0.6 is 0 Å². The first-order valence-corrected chi connectivity index (χ1v) is 13.8. The quantitative estimate of drug-likeness (QED) is 0.0867. The van der Waals surface area contributed by atoms with Crippen molar-refractivity contribution in [2.45, 2.75) is 37.1 Å². The van der Waals surface area contributed by atoms with E-state index < -0.39 is 30.3 Å². The summed E-state index contributed by atoms with van der Waals surface area (Å²) in [4.78, 5) is 24.9. The molecule has 3 aromatic rings. The molecule has 1 aliphatic heterocycles. The van der Waals surface area contributed by atoms with E-state index in [4.69, 9.17) is 25.1 Å². The van der Waals surface area contributed by atoms with E-state index in [0.717, 1.165) is 0 Å². The fourth-order valence-corrected chi connectivity index (χ4v) is 4.83. The van der Waals surface area contributed by atoms with Gasteiger partial charge >= 0.3 is 0 Å². The summed E-state index contributed by atoms with van der Waals surface area (Å²) in [5.41, 5.74) is 19.0. The summed E-state index contributed by atoms with van der Waals surface area (Å²) in [6.45, 7) is -0.494. The van der Waals surface area contributed by atoms with Gasteiger partial charge in [0.05, 0.1) is 25.9 Å². The number of hydrogen-bond acceptors (Lipinski definition) is 9. The molecule has 3 atom stereocenters. The van der Waals surface area contributed by atoms with Gasteiger partial charge in [0.2, 0.25) is 5.90 Å². The normalized spacial score (nSPS) is 17.8. The van der Waals surface area contributed by atoms with Gasteiger partial charge in [0, 0.05) is 47.1 Å². The first-order chi connectivity index (χ1) is 21.4. The largest absolute Gasteiger partial charge is 0.494 e. The molecule has 4 N–H and O–H groups in total. The Labute approximate surface area is 252 Å². The number of aliphatic imine (C=N–C) groups is 1. The minimum atomic E-state index is -1.70. The Morgan fingerprint density at radius 3 is 2.48 bits per heavy atom. The summed E-state index contributed by atoms with van der Waals surface area (Å²) < 4.78 is 12.1. The average molecular weight is 601 g/mol. The van der Waals surface area contributed by atoms with Crippen LogP contribution in [-0.2, 0) is 22.5 Å². The van der Waals surface area contributed by atoms with Crippen molar-refractivity contribution in [3.05, 3.63) is 116 Å². The highest BCUT2D eigenvalue weighted by atomic mass is 16.5. The number of rotatable bonds is 15. The van der Waals surface area contributed by atoms with Gasteiger partial charge in [-0.25, -0.2) is 4.99 Å². The molecule has 0 radical (unpaired) electrons. The second kappa shape index (κ2) is 15.4. The number of hydrogen-bond donors (Lipinski definition) is 4. The van der Waals surface area contributed by atoms with E-state index in [9.17, 15) is 20.5 Å². The van der Waals surface area contributed by atoms with Gasteiger partial charge in [0.25, 0.3) is 5.91 Å². The molecule has 0 fully saturated rings. The van der Waals surface area contributed by atoms with Crippen LogP contribution in [0.2, 0.25) is 0 Å². The van der Waals surface area contributed by atoms with Gasteiger partial charge in [-0.1, -0.05) is 58.8 Å². The summed E-state index contributed by atoms with van der Waals surface area (Å²) in [6, 6.07) is 20.7. The molecule has 0 bridgehead atoms. The number of nitrogens with one attached hydrogen (secondary N) is 1. The number of ether oxygens (including phenoxy) is 2. The SMILES string of the molecule is [N-]=[N+]=NCc1ccccc1[C@@H]1OC(c2ccc(OCCCO)cc2)=N[C@]1(Cc1ccccc1N=[N+]=[N-])C(=O)NCC(O)CO. The third kappa shape index (κ3) is 7.45. The Morgan fingerprint density at radius 1 is 1.05 bits per heavy atom. The zero-order valence-electron chi connectivity index (χ0n) is 23.7. The molecule has 44 heavy (non-hydrogen) atoms. The zero-order chi connectivity index (χ0) is 31.4. The van der Waals surface area contributed by atoms with Crippen molar-refractivity contribution in [1.29, 1.82) is 0 Å². The van der Waals surface area contributed by atoms with Crippen molar-refractivity contribution >= 4 is 17.5 Å². The van der Waals surface area contributed by atoms with Crippen LogP contribution < -0.4 is 10.1 Å². The lowest BCUT2D eigenvalue weighted by Crippen LogP contribution is -2.51. The Kier molecular flexibility index (Phi) is 11.1. The maximum absolute atomic E-state index is 14.2. The number of nitrogens with zero attached hydrogens (tertiary/aromatic N) is 7. The first kappa shape index (κ1) is 31.8. The predicted octanol–water partition coefficient (Wildman–Crippen LogP) is 4.17. The number of amides is 1. The van der Waals surface area contributed by atoms with Crippen LogP contribution in [0.15, 0.2) is 88.0 Å². The van der Waals surface area contributed by atoms with E-state index in [2.05, 4.69) is 25.4 Å². The molecular weight excluding hydrogens is 568 g/mol. The van der Waals surface area contributed by atoms with Crippen molar-refractivity contribution in [2.75, 3.05) is 26.4 Å². The smallest absolute Gasteiger partial charge is 0.252 e. The molecule has 0 spiro atoms. The van der Waals surface area contributed by atoms with Gasteiger partial charge < -0.3 is 30.1 Å². The molecule has 0 aromatic heterocycles. The summed E-state index contributed by atoms with van der Waals surface area (Å²) >= 11 is 0. The van der Waals surface area contributed by atoms with E-state index in [0.29, 0.717) is 46.7 Å². The number of aliphatic hydroxyl groups excluding tert-OH is 3. The third-order valence-electron chi connectivity index (χ3n) is 6.98. The van der Waals surface area contributed by atoms with Crippen molar-refractivity contribution in [3.8, 4) is 5.75 Å². The first-order valence-electron chi connectivity index (χ1n) is 13.8. The van der Waals surface area contributed by atoms with E-state index in [1.165, 1.54) is 0 Å². The molecule has 3 aromatic carbocycles. The number of benzene rings is 3. The highest BCUT2D eigenvalue weighted by molar-refractivity contribution is 6.01. The second-order valence-corrected chi connectivity index (χ2v) is 9.92. The van der Waals surface area contributed by atoms with Crippen LogP contribution in [-0.4, -0.2) is 65.1 Å². The lowest BCUT2D eigenvalue weighted by atomic mass is 9.80. The van der Waals surface area contributed by atoms with Gasteiger partial charge in [-0.15, -0.1) is 0 Å². The lowest BCUT2D eigenvalue weighted by Gasteiger charge is -2.32. The van der Waals surface area contributed by atoms with Gasteiger partial charge in [-0.2, -0.15) is 0 Å². The highest BCUT2D eigenvalue weighted by Crippen LogP contribution is 2.44. The fourth-order valence-electron chi connectivity index (χ4n) is 4.83. The monoisotopic (exact) mass is 600 g/mol. The number of aliphatic hydroxyl groups is 3. The second-order valence-electron chi connectivity index (χ2n) is 9.92. The van der Waals surface area contributed by atoms with E-state index in [1.807, 2.05) is 0 Å². The molecule has 228 valence electrons. The molecule has 1 unspecified atom stereocenters. The average Bonchev–Trinajstić information content (AvgIpc) is 3.44. The molecule has 4 rings (SSSR count). The van der Waals surface area contributed by atoms with E-state index in [1.54, 1.807) is 72.8 Å². The van der Waals surface area contributed by atoms with Crippen LogP contribution in [0.1, 0.15) is 34.8 Å². The summed E-state index contributed by atoms with van der Waals surface area (Å²) in [7, 11) is 0. The van der Waals surface area contributed by atoms with Crippen LogP contribution in [0.25, 0.3) is 20.9 Å². The Bertz CT molecular complexity index is 1570. The van der Waals surface area contributed by atoms with Gasteiger partial charge in [0.15, 0.2) is 11.6 Å². The molecule has 0 aliphatic carbocycles. The molecule has 14 heteroatoms. The molecular formula is C30H32N8O6. The van der Waals surface area contributed by atoms with Crippen molar-refractivity contribution in [2.24, 2.45) is 15.2 Å². The van der Waals surface area contributed by atoms with Gasteiger partial charge in [-0.3, -0.25) is 4.79 Å². The molecule has 1 amide bonds. The third-order valence-corrected chi connectivity index (χ3v) is 6.98. The number of carbonyl (C=O) groups excluding carboxylic acids is 1. The summed E-state index contributed by atoms with van der Waals surface area (Å²) in [5, 5.41) is 38.7. The zero-order valence-corrected chi connectivity index (χ0v) is 23.7. The number of azide groups is 2.